The molecular formula is C20H18N4O5. The maximum Gasteiger partial charge on any atom is 0.338 e. The Hall–Kier alpha value is -4.19. The second-order valence-electron chi connectivity index (χ2n) is 5.94. The highest BCUT2D eigenvalue weighted by Crippen LogP contribution is 2.13. The molecule has 2 aromatic carbocycles. The van der Waals surface area contributed by atoms with Crippen molar-refractivity contribution in [3.8, 4) is 6.07 Å². The lowest BCUT2D eigenvalue weighted by molar-refractivity contribution is -0.123. The lowest BCUT2D eigenvalue weighted by Gasteiger charge is -2.14. The Kier molecular flexibility index (Phi) is 7.03. The van der Waals surface area contributed by atoms with Crippen LogP contribution in [0, 0.1) is 11.3 Å². The van der Waals surface area contributed by atoms with Crippen molar-refractivity contribution >= 4 is 35.1 Å². The summed E-state index contributed by atoms with van der Waals surface area (Å²) in [5, 5.41) is 13.5. The smallest absolute Gasteiger partial charge is 0.338 e. The molecular weight excluding hydrogens is 376 g/mol. The van der Waals surface area contributed by atoms with Crippen molar-refractivity contribution in [1.29, 1.82) is 5.26 Å². The zero-order valence-corrected chi connectivity index (χ0v) is 15.5. The summed E-state index contributed by atoms with van der Waals surface area (Å²) in [6, 6.07) is 13.5. The van der Waals surface area contributed by atoms with Crippen LogP contribution in [0.1, 0.15) is 34.1 Å². The van der Waals surface area contributed by atoms with E-state index in [0.29, 0.717) is 16.9 Å². The highest BCUT2D eigenvalue weighted by Gasteiger charge is 2.19. The molecule has 1 atom stereocenters. The van der Waals surface area contributed by atoms with E-state index in [1.165, 1.54) is 55.5 Å². The van der Waals surface area contributed by atoms with Gasteiger partial charge in [0.05, 0.1) is 11.6 Å². The van der Waals surface area contributed by atoms with E-state index >= 15 is 0 Å². The first-order valence-corrected chi connectivity index (χ1v) is 8.48. The second kappa shape index (κ2) is 9.66. The molecule has 0 aliphatic heterocycles. The Morgan fingerprint density at radius 2 is 1.48 bits per heavy atom. The number of primary amides is 1. The molecule has 2 rings (SSSR count). The van der Waals surface area contributed by atoms with Gasteiger partial charge in [-0.05, 0) is 55.5 Å². The largest absolute Gasteiger partial charge is 0.449 e. The van der Waals surface area contributed by atoms with Gasteiger partial charge in [-0.3, -0.25) is 14.4 Å². The molecule has 148 valence electrons. The predicted molar refractivity (Wildman–Crippen MR) is 104 cm³/mol. The number of esters is 1. The van der Waals surface area contributed by atoms with Gasteiger partial charge < -0.3 is 21.1 Å². The molecule has 0 aromatic heterocycles. The Morgan fingerprint density at radius 1 is 0.966 bits per heavy atom. The van der Waals surface area contributed by atoms with E-state index in [1.54, 1.807) is 6.07 Å². The van der Waals surface area contributed by atoms with Crippen LogP contribution in [0.3, 0.4) is 0 Å². The van der Waals surface area contributed by atoms with Gasteiger partial charge in [0.1, 0.15) is 6.42 Å². The number of nitriles is 1. The zero-order valence-electron chi connectivity index (χ0n) is 15.5. The summed E-state index contributed by atoms with van der Waals surface area (Å²) in [6.07, 6.45) is -1.35. The molecule has 0 heterocycles. The Morgan fingerprint density at radius 3 is 2.00 bits per heavy atom. The van der Waals surface area contributed by atoms with Gasteiger partial charge in [-0.1, -0.05) is 0 Å². The molecule has 0 aliphatic rings. The van der Waals surface area contributed by atoms with Gasteiger partial charge in [0, 0.05) is 16.9 Å². The van der Waals surface area contributed by atoms with Crippen LogP contribution in [0.25, 0.3) is 0 Å². The number of hydrogen-bond acceptors (Lipinski definition) is 6. The van der Waals surface area contributed by atoms with E-state index in [9.17, 15) is 19.2 Å². The van der Waals surface area contributed by atoms with Crippen LogP contribution in [0.2, 0.25) is 0 Å². The number of amides is 3. The second-order valence-corrected chi connectivity index (χ2v) is 5.94. The molecule has 0 saturated carbocycles. The quantitative estimate of drug-likeness (QED) is 0.609. The maximum absolute atomic E-state index is 12.2. The summed E-state index contributed by atoms with van der Waals surface area (Å²) >= 11 is 0. The lowest BCUT2D eigenvalue weighted by atomic mass is 10.2. The third kappa shape index (κ3) is 6.18. The summed E-state index contributed by atoms with van der Waals surface area (Å²) in [5.74, 6) is -2.31. The maximum atomic E-state index is 12.2. The van der Waals surface area contributed by atoms with Crippen LogP contribution >= 0.6 is 0 Å². The Bertz CT molecular complexity index is 962. The number of anilines is 2. The molecule has 0 radical (unpaired) electrons. The van der Waals surface area contributed by atoms with Crippen LogP contribution in [0.5, 0.6) is 0 Å². The van der Waals surface area contributed by atoms with Crippen molar-refractivity contribution in [3.63, 3.8) is 0 Å². The highest BCUT2D eigenvalue weighted by molar-refractivity contribution is 5.98. The molecule has 29 heavy (non-hydrogen) atoms. The fourth-order valence-corrected chi connectivity index (χ4v) is 2.21. The first-order valence-electron chi connectivity index (χ1n) is 8.48. The number of carbonyl (C=O) groups is 4. The van der Waals surface area contributed by atoms with Gasteiger partial charge in [-0.25, -0.2) is 4.79 Å². The highest BCUT2D eigenvalue weighted by atomic mass is 16.5. The molecule has 2 aromatic rings. The van der Waals surface area contributed by atoms with Crippen molar-refractivity contribution in [2.24, 2.45) is 5.73 Å². The minimum absolute atomic E-state index is 0.189. The van der Waals surface area contributed by atoms with Crippen LogP contribution in [0.4, 0.5) is 11.4 Å². The van der Waals surface area contributed by atoms with E-state index < -0.39 is 29.8 Å². The van der Waals surface area contributed by atoms with Gasteiger partial charge in [0.15, 0.2) is 6.10 Å². The van der Waals surface area contributed by atoms with Crippen LogP contribution in [-0.2, 0) is 14.3 Å². The first-order chi connectivity index (χ1) is 13.8. The predicted octanol–water partition coefficient (Wildman–Crippen LogP) is 1.82. The van der Waals surface area contributed by atoms with E-state index in [1.807, 2.05) is 0 Å². The number of nitrogens with two attached hydrogens (primary N) is 1. The molecule has 3 amide bonds. The van der Waals surface area contributed by atoms with E-state index in [4.69, 9.17) is 15.7 Å². The van der Waals surface area contributed by atoms with Crippen LogP contribution in [0.15, 0.2) is 48.5 Å². The standard InChI is InChI=1S/C20H18N4O5/c1-12(19(27)24-16-6-2-13(3-7-16)18(22)26)29-20(28)14-4-8-15(9-5-14)23-17(25)10-11-21/h2-9,12H,10H2,1H3,(H2,22,26)(H,23,25)(H,24,27)/t12-/m1/s1. The average Bonchev–Trinajstić information content (AvgIpc) is 2.69. The number of ether oxygens (including phenoxy) is 1. The summed E-state index contributed by atoms with van der Waals surface area (Å²) in [4.78, 5) is 46.8. The summed E-state index contributed by atoms with van der Waals surface area (Å²) in [7, 11) is 0. The van der Waals surface area contributed by atoms with Gasteiger partial charge in [-0.2, -0.15) is 5.26 Å². The number of nitrogens with zero attached hydrogens (tertiary/aromatic N) is 1. The molecule has 0 fully saturated rings. The number of nitrogens with one attached hydrogen (secondary N) is 2. The third-order valence-electron chi connectivity index (χ3n) is 3.73. The minimum Gasteiger partial charge on any atom is -0.449 e. The molecule has 0 saturated heterocycles. The Labute approximate surface area is 166 Å². The monoisotopic (exact) mass is 394 g/mol. The lowest BCUT2D eigenvalue weighted by Crippen LogP contribution is -2.30. The molecule has 9 heteroatoms. The molecule has 0 aliphatic carbocycles. The summed E-state index contributed by atoms with van der Waals surface area (Å²) < 4.78 is 5.14. The number of carbonyl (C=O) groups excluding carboxylic acids is 4. The molecule has 4 N–H and O–H groups in total. The zero-order chi connectivity index (χ0) is 21.4. The molecule has 0 bridgehead atoms. The van der Waals surface area contributed by atoms with Crippen LogP contribution < -0.4 is 16.4 Å². The summed E-state index contributed by atoms with van der Waals surface area (Å²) in [5.41, 5.74) is 6.48. The normalized spacial score (nSPS) is 10.9. The van der Waals surface area contributed by atoms with Crippen molar-refractivity contribution in [1.82, 2.24) is 0 Å². The average molecular weight is 394 g/mol. The third-order valence-corrected chi connectivity index (χ3v) is 3.73. The van der Waals surface area contributed by atoms with Crippen molar-refractivity contribution < 1.29 is 23.9 Å². The van der Waals surface area contributed by atoms with E-state index in [-0.39, 0.29) is 12.0 Å². The summed E-state index contributed by atoms with van der Waals surface area (Å²) in [6.45, 7) is 1.42. The van der Waals surface area contributed by atoms with E-state index in [2.05, 4.69) is 10.6 Å². The topological polar surface area (TPSA) is 151 Å². The number of benzene rings is 2. The van der Waals surface area contributed by atoms with Gasteiger partial charge in [0.25, 0.3) is 5.91 Å². The van der Waals surface area contributed by atoms with Gasteiger partial charge in [0.2, 0.25) is 11.8 Å². The first kappa shape index (κ1) is 21.1. The number of rotatable bonds is 7. The fourth-order valence-electron chi connectivity index (χ4n) is 2.21. The van der Waals surface area contributed by atoms with Crippen molar-refractivity contribution in [2.45, 2.75) is 19.4 Å². The van der Waals surface area contributed by atoms with Crippen molar-refractivity contribution in [3.05, 3.63) is 59.7 Å². The minimum atomic E-state index is -1.08. The number of hydrogen-bond donors (Lipinski definition) is 3. The molecule has 0 unspecified atom stereocenters. The van der Waals surface area contributed by atoms with Gasteiger partial charge >= 0.3 is 5.97 Å². The fraction of sp³-hybridized carbons (Fsp3) is 0.150. The van der Waals surface area contributed by atoms with Gasteiger partial charge in [-0.15, -0.1) is 0 Å². The van der Waals surface area contributed by atoms with Crippen LogP contribution in [-0.4, -0.2) is 29.8 Å². The van der Waals surface area contributed by atoms with E-state index in [0.717, 1.165) is 0 Å². The molecule has 9 nitrogen and oxygen atoms in total. The SMILES string of the molecule is C[C@@H](OC(=O)c1ccc(NC(=O)CC#N)cc1)C(=O)Nc1ccc(C(N)=O)cc1. The van der Waals surface area contributed by atoms with Crippen molar-refractivity contribution in [2.75, 3.05) is 10.6 Å². The Balaban J connectivity index is 1.92. The molecule has 0 spiro atoms.